The van der Waals surface area contributed by atoms with Crippen molar-refractivity contribution in [1.29, 1.82) is 15.8 Å². The number of nitrogens with zero attached hydrogens (tertiary/aromatic N) is 3. The second-order valence-electron chi connectivity index (χ2n) is 25.8. The highest BCUT2D eigenvalue weighted by atomic mass is 19.1. The number of fused-ring (bicyclic) bond motifs is 1. The highest BCUT2D eigenvalue weighted by molar-refractivity contribution is 5.97. The molecule has 0 bridgehead atoms. The molecule has 1 spiro atoms. The van der Waals surface area contributed by atoms with Gasteiger partial charge in [0, 0.05) is 85.4 Å². The third kappa shape index (κ3) is 15.7. The lowest BCUT2D eigenvalue weighted by molar-refractivity contribution is -0.119. The number of amides is 3. The minimum atomic E-state index is -0.280. The van der Waals surface area contributed by atoms with E-state index in [2.05, 4.69) is 34.2 Å². The molecule has 3 amide bonds. The number of hydrogen-bond donors (Lipinski definition) is 3. The quantitative estimate of drug-likeness (QED) is 0.0817. The standard InChI is InChI=1S/C28H25FN2O3.C25H26N2O4.C24H24N2O4/c29-22-5-1-4-20(14-22)25-16-26(25)28(32)31-23-6-2-3-18(15-23)19-7-8-27(21(13-19)17-30)34-24-9-11-33-12-10-24;26-15-19-12-18(4-5-23(19)31-21-6-9-29-10-7-21)17-2-1-3-20(13-17)27-24(28)22-14-25(22)8-11-30-16-25;25-12-17-10-16(4-5-22(17)30-19-6-8-28-9-7-19)15-2-1-3-18(11-15)26-24(27)23-20-13-29-14-21(20)23/h1-8,13-15,24-26H,9-12,16H2,(H,31,32);1-5,12-13,21-22H,6-11,14,16H2,(H,27,28);1-5,10-11,19-21,23H,6-9,13-14H2,(H,26,27)/t25-,26+;;20-,21+,23?/m1../s1. The molecule has 5 aliphatic heterocycles. The Morgan fingerprint density at radius 2 is 0.884 bits per heavy atom. The molecule has 5 heterocycles. The number of benzene rings is 7. The van der Waals surface area contributed by atoms with Gasteiger partial charge in [0.1, 0.15) is 59.6 Å². The monoisotopic (exact) mass is 1280 g/mol. The molecule has 3 aliphatic carbocycles. The molecule has 7 aromatic rings. The zero-order valence-corrected chi connectivity index (χ0v) is 52.8. The summed E-state index contributed by atoms with van der Waals surface area (Å²) in [4.78, 5) is 38.0. The highest BCUT2D eigenvalue weighted by Gasteiger charge is 2.60. The number of ether oxygens (including phenoxy) is 8. The maximum atomic E-state index is 13.5. The Balaban J connectivity index is 0.000000129. The first-order valence-electron chi connectivity index (χ1n) is 33.0. The number of nitrogens with one attached hydrogen (secondary N) is 3. The number of anilines is 3. The second-order valence-corrected chi connectivity index (χ2v) is 25.8. The van der Waals surface area contributed by atoms with Gasteiger partial charge in [0.25, 0.3) is 0 Å². The molecule has 3 saturated carbocycles. The van der Waals surface area contributed by atoms with E-state index in [0.29, 0.717) is 111 Å². The zero-order valence-electron chi connectivity index (χ0n) is 52.8. The molecule has 7 aromatic carbocycles. The number of rotatable bonds is 16. The summed E-state index contributed by atoms with van der Waals surface area (Å²) in [5, 5.41) is 38.0. The number of hydrogen-bond acceptors (Lipinski definition) is 14. The Bertz CT molecular complexity index is 4070. The fourth-order valence-electron chi connectivity index (χ4n) is 13.6. The minimum absolute atomic E-state index is 0.0467. The van der Waals surface area contributed by atoms with E-state index in [9.17, 15) is 34.6 Å². The predicted octanol–water partition coefficient (Wildman–Crippen LogP) is 13.4. The van der Waals surface area contributed by atoms with Crippen LogP contribution in [-0.4, -0.2) is 102 Å². The van der Waals surface area contributed by atoms with Crippen LogP contribution in [0.2, 0.25) is 0 Å². The van der Waals surface area contributed by atoms with Crippen LogP contribution in [-0.2, 0) is 38.1 Å². The average Bonchev–Trinajstić information content (AvgIpc) is 1.60. The highest BCUT2D eigenvalue weighted by Crippen LogP contribution is 2.58. The molecule has 486 valence electrons. The van der Waals surface area contributed by atoms with Crippen LogP contribution in [0.3, 0.4) is 0 Å². The van der Waals surface area contributed by atoms with Crippen LogP contribution in [0.4, 0.5) is 21.5 Å². The van der Waals surface area contributed by atoms with Gasteiger partial charge < -0.3 is 53.8 Å². The van der Waals surface area contributed by atoms with Gasteiger partial charge in [-0.25, -0.2) is 4.39 Å². The molecule has 0 radical (unpaired) electrons. The first-order chi connectivity index (χ1) is 46.5. The van der Waals surface area contributed by atoms with Crippen LogP contribution in [0.5, 0.6) is 17.2 Å². The number of halogens is 1. The van der Waals surface area contributed by atoms with Crippen molar-refractivity contribution in [2.45, 2.75) is 82.0 Å². The van der Waals surface area contributed by atoms with Gasteiger partial charge in [-0.3, -0.25) is 14.4 Å². The van der Waals surface area contributed by atoms with Gasteiger partial charge in [0.05, 0.1) is 76.2 Å². The molecule has 18 heteroatoms. The maximum absolute atomic E-state index is 13.5. The lowest BCUT2D eigenvalue weighted by Gasteiger charge is -2.24. The predicted molar refractivity (Wildman–Crippen MR) is 354 cm³/mol. The first kappa shape index (κ1) is 64.3. The normalized spacial score (nSPS) is 23.3. The lowest BCUT2D eigenvalue weighted by atomic mass is 10.0. The Hall–Kier alpha value is -9.45. The van der Waals surface area contributed by atoms with Crippen molar-refractivity contribution in [2.75, 3.05) is 82.0 Å². The topological polar surface area (TPSA) is 233 Å². The van der Waals surface area contributed by atoms with Crippen LogP contribution in [0.15, 0.2) is 152 Å². The third-order valence-corrected chi connectivity index (χ3v) is 19.4. The van der Waals surface area contributed by atoms with Crippen LogP contribution in [0.25, 0.3) is 33.4 Å². The molecule has 3 N–H and O–H groups in total. The van der Waals surface area contributed by atoms with Crippen LogP contribution >= 0.6 is 0 Å². The van der Waals surface area contributed by atoms with E-state index in [1.807, 2.05) is 133 Å². The number of nitriles is 3. The summed E-state index contributed by atoms with van der Waals surface area (Å²) in [6.45, 7) is 6.97. The third-order valence-electron chi connectivity index (χ3n) is 19.4. The van der Waals surface area contributed by atoms with Crippen molar-refractivity contribution in [3.05, 3.63) is 180 Å². The largest absolute Gasteiger partial charge is 0.489 e. The lowest BCUT2D eigenvalue weighted by Crippen LogP contribution is -2.26. The molecule has 8 fully saturated rings. The van der Waals surface area contributed by atoms with Gasteiger partial charge in [-0.2, -0.15) is 15.8 Å². The summed E-state index contributed by atoms with van der Waals surface area (Å²) in [6.07, 6.45) is 7.81. The molecule has 15 rings (SSSR count). The van der Waals surface area contributed by atoms with Crippen molar-refractivity contribution < 1.29 is 56.7 Å². The molecule has 5 saturated heterocycles. The zero-order chi connectivity index (χ0) is 65.3. The van der Waals surface area contributed by atoms with Crippen molar-refractivity contribution in [2.24, 2.45) is 35.0 Å². The van der Waals surface area contributed by atoms with Gasteiger partial charge in [-0.1, -0.05) is 66.7 Å². The Kier molecular flexibility index (Phi) is 19.9. The molecule has 95 heavy (non-hydrogen) atoms. The van der Waals surface area contributed by atoms with Crippen LogP contribution < -0.4 is 30.2 Å². The average molecular weight is 1280 g/mol. The Labute approximate surface area is 552 Å². The van der Waals surface area contributed by atoms with E-state index < -0.39 is 0 Å². The van der Waals surface area contributed by atoms with E-state index in [1.165, 1.54) is 12.1 Å². The smallest absolute Gasteiger partial charge is 0.228 e. The van der Waals surface area contributed by atoms with Gasteiger partial charge >= 0.3 is 0 Å². The van der Waals surface area contributed by atoms with Crippen molar-refractivity contribution >= 4 is 34.8 Å². The van der Waals surface area contributed by atoms with Crippen LogP contribution in [0, 0.1) is 74.8 Å². The molecule has 3 unspecified atom stereocenters. The van der Waals surface area contributed by atoms with Crippen molar-refractivity contribution in [3.63, 3.8) is 0 Å². The van der Waals surface area contributed by atoms with Gasteiger partial charge in [0.15, 0.2) is 0 Å². The summed E-state index contributed by atoms with van der Waals surface area (Å²) in [5.41, 5.74) is 10.2. The summed E-state index contributed by atoms with van der Waals surface area (Å²) in [6, 6.07) is 53.2. The minimum Gasteiger partial charge on any atom is -0.489 e. The number of carbonyl (C=O) groups is 3. The number of carbonyl (C=O) groups excluding carboxylic acids is 3. The molecular weight excluding hydrogens is 1200 g/mol. The molecular formula is C77H75FN6O11. The molecule has 0 aromatic heterocycles. The summed E-state index contributed by atoms with van der Waals surface area (Å²) < 4.78 is 58.6. The Morgan fingerprint density at radius 1 is 0.463 bits per heavy atom. The van der Waals surface area contributed by atoms with E-state index in [0.717, 1.165) is 115 Å². The van der Waals surface area contributed by atoms with Crippen molar-refractivity contribution in [1.82, 2.24) is 0 Å². The second kappa shape index (κ2) is 29.5. The van der Waals surface area contributed by atoms with Gasteiger partial charge in [0.2, 0.25) is 17.7 Å². The van der Waals surface area contributed by atoms with E-state index in [1.54, 1.807) is 6.07 Å². The van der Waals surface area contributed by atoms with Crippen molar-refractivity contribution in [3.8, 4) is 68.8 Å². The maximum Gasteiger partial charge on any atom is 0.228 e. The van der Waals surface area contributed by atoms with E-state index >= 15 is 0 Å². The van der Waals surface area contributed by atoms with Gasteiger partial charge in [-0.15, -0.1) is 0 Å². The summed E-state index contributed by atoms with van der Waals surface area (Å²) in [7, 11) is 0. The van der Waals surface area contributed by atoms with Gasteiger partial charge in [-0.05, 0) is 161 Å². The molecule has 17 nitrogen and oxygen atoms in total. The van der Waals surface area contributed by atoms with Crippen LogP contribution in [0.1, 0.15) is 86.0 Å². The SMILES string of the molecule is N#Cc1cc(-c2cccc(NC(=O)C3CC34CCOC4)c2)ccc1OC1CCOCC1.N#Cc1cc(-c2cccc(NC(=O)C3[C@H]4COC[C@@H]34)c2)ccc1OC1CCOCC1.N#Cc1cc(-c2cccc(NC(=O)[C@H]3C[C@@H]3c3cccc(F)c3)c2)ccc1OC1CCOCC1. The van der Waals surface area contributed by atoms with E-state index in [-0.39, 0.29) is 70.9 Å². The summed E-state index contributed by atoms with van der Waals surface area (Å²) in [5.74, 6) is 2.40. The molecule has 7 atom stereocenters. The molecule has 8 aliphatic rings. The summed E-state index contributed by atoms with van der Waals surface area (Å²) >= 11 is 0. The fraction of sp³-hybridized carbons (Fsp3) is 0.377. The van der Waals surface area contributed by atoms with E-state index in [4.69, 9.17) is 37.9 Å². The Morgan fingerprint density at radius 3 is 1.31 bits per heavy atom. The first-order valence-corrected chi connectivity index (χ1v) is 33.0. The fourth-order valence-corrected chi connectivity index (χ4v) is 13.6.